The van der Waals surface area contributed by atoms with Crippen molar-refractivity contribution >= 4 is 34.5 Å². The van der Waals surface area contributed by atoms with E-state index in [0.29, 0.717) is 29.6 Å². The van der Waals surface area contributed by atoms with Gasteiger partial charge in [-0.3, -0.25) is 9.78 Å². The normalized spacial score (nSPS) is 10.6. The molecule has 29 heavy (non-hydrogen) atoms. The standard InChI is InChI=1S/C20H21ClN6O2/c1-11-8-24-14(12(2)17(11)29-3)10-27-9-13(6-4-5-7-15(22)28)16-18(21)25-20(23)26-19(16)27/h8-9H,5,7,10H2,1-3H3,(H2,22,28)(H2,23,25,26). The second-order valence-corrected chi connectivity index (χ2v) is 6.91. The van der Waals surface area contributed by atoms with Gasteiger partial charge in [0.15, 0.2) is 0 Å². The Balaban J connectivity index is 2.08. The van der Waals surface area contributed by atoms with Gasteiger partial charge in [-0.05, 0) is 13.8 Å². The summed E-state index contributed by atoms with van der Waals surface area (Å²) in [6.07, 6.45) is 4.14. The first-order chi connectivity index (χ1) is 13.8. The number of hydrogen-bond acceptors (Lipinski definition) is 6. The summed E-state index contributed by atoms with van der Waals surface area (Å²) in [7, 11) is 1.64. The number of methoxy groups -OCH3 is 1. The second-order valence-electron chi connectivity index (χ2n) is 6.56. The predicted molar refractivity (Wildman–Crippen MR) is 112 cm³/mol. The van der Waals surface area contributed by atoms with Crippen LogP contribution in [0.2, 0.25) is 5.15 Å². The Morgan fingerprint density at radius 2 is 2.10 bits per heavy atom. The molecular weight excluding hydrogens is 392 g/mol. The number of primary amides is 1. The number of halogens is 1. The van der Waals surface area contributed by atoms with Crippen LogP contribution in [0.4, 0.5) is 5.95 Å². The van der Waals surface area contributed by atoms with Crippen molar-refractivity contribution < 1.29 is 9.53 Å². The highest BCUT2D eigenvalue weighted by atomic mass is 35.5. The number of hydrogen-bond donors (Lipinski definition) is 2. The first-order valence-electron chi connectivity index (χ1n) is 8.90. The lowest BCUT2D eigenvalue weighted by Gasteiger charge is -2.13. The third-order valence-electron chi connectivity index (χ3n) is 4.48. The molecule has 3 rings (SSSR count). The molecule has 0 radical (unpaired) electrons. The van der Waals surface area contributed by atoms with Crippen molar-refractivity contribution in [3.63, 3.8) is 0 Å². The molecule has 0 saturated heterocycles. The third kappa shape index (κ3) is 4.25. The van der Waals surface area contributed by atoms with Crippen LogP contribution in [-0.2, 0) is 11.3 Å². The number of pyridine rings is 1. The SMILES string of the molecule is COc1c(C)cnc(Cn2cc(C#CCCC(N)=O)c3c(Cl)nc(N)nc32)c1C. The van der Waals surface area contributed by atoms with E-state index in [0.717, 1.165) is 22.6 Å². The van der Waals surface area contributed by atoms with Gasteiger partial charge in [0.1, 0.15) is 16.5 Å². The van der Waals surface area contributed by atoms with Gasteiger partial charge in [-0.25, -0.2) is 4.98 Å². The Morgan fingerprint density at radius 3 is 2.79 bits per heavy atom. The van der Waals surface area contributed by atoms with E-state index < -0.39 is 5.91 Å². The summed E-state index contributed by atoms with van der Waals surface area (Å²) in [5, 5.41) is 0.820. The Hall–Kier alpha value is -3.31. The minimum Gasteiger partial charge on any atom is -0.496 e. The van der Waals surface area contributed by atoms with Gasteiger partial charge in [-0.15, -0.1) is 0 Å². The Bertz CT molecular complexity index is 1160. The number of nitrogens with zero attached hydrogens (tertiary/aromatic N) is 4. The number of aromatic nitrogens is 4. The summed E-state index contributed by atoms with van der Waals surface area (Å²) < 4.78 is 7.37. The molecule has 0 bridgehead atoms. The van der Waals surface area contributed by atoms with Crippen LogP contribution >= 0.6 is 11.6 Å². The molecule has 0 unspecified atom stereocenters. The van der Waals surface area contributed by atoms with Crippen LogP contribution in [0.1, 0.15) is 35.2 Å². The molecule has 0 atom stereocenters. The van der Waals surface area contributed by atoms with Crippen LogP contribution < -0.4 is 16.2 Å². The van der Waals surface area contributed by atoms with Crippen molar-refractivity contribution in [1.82, 2.24) is 19.5 Å². The van der Waals surface area contributed by atoms with E-state index in [1.165, 1.54) is 0 Å². The van der Waals surface area contributed by atoms with Crippen molar-refractivity contribution in [3.8, 4) is 17.6 Å². The summed E-state index contributed by atoms with van der Waals surface area (Å²) in [4.78, 5) is 23.8. The average Bonchev–Trinajstić information content (AvgIpc) is 2.99. The van der Waals surface area contributed by atoms with Gasteiger partial charge < -0.3 is 20.8 Å². The minimum atomic E-state index is -0.397. The topological polar surface area (TPSA) is 122 Å². The monoisotopic (exact) mass is 412 g/mol. The van der Waals surface area contributed by atoms with E-state index in [4.69, 9.17) is 27.8 Å². The summed E-state index contributed by atoms with van der Waals surface area (Å²) in [5.41, 5.74) is 14.9. The molecule has 3 aromatic heterocycles. The van der Waals surface area contributed by atoms with E-state index in [2.05, 4.69) is 26.8 Å². The first kappa shape index (κ1) is 20.4. The molecule has 1 amide bonds. The molecule has 0 saturated carbocycles. The maximum Gasteiger partial charge on any atom is 0.223 e. The number of nitrogen functional groups attached to an aromatic ring is 1. The smallest absolute Gasteiger partial charge is 0.223 e. The lowest BCUT2D eigenvalue weighted by molar-refractivity contribution is -0.117. The van der Waals surface area contributed by atoms with Gasteiger partial charge >= 0.3 is 0 Å². The fraction of sp³-hybridized carbons (Fsp3) is 0.300. The molecular formula is C20H21ClN6O2. The third-order valence-corrected chi connectivity index (χ3v) is 4.75. The number of rotatable bonds is 5. The lowest BCUT2D eigenvalue weighted by Crippen LogP contribution is -2.08. The van der Waals surface area contributed by atoms with Crippen molar-refractivity contribution in [1.29, 1.82) is 0 Å². The van der Waals surface area contributed by atoms with Crippen molar-refractivity contribution in [2.45, 2.75) is 33.2 Å². The van der Waals surface area contributed by atoms with E-state index in [1.807, 2.05) is 24.6 Å². The fourth-order valence-corrected chi connectivity index (χ4v) is 3.38. The van der Waals surface area contributed by atoms with E-state index >= 15 is 0 Å². The number of nitrogens with two attached hydrogens (primary N) is 2. The Morgan fingerprint density at radius 1 is 1.34 bits per heavy atom. The second kappa shape index (κ2) is 8.37. The van der Waals surface area contributed by atoms with Crippen molar-refractivity contribution in [2.24, 2.45) is 5.73 Å². The van der Waals surface area contributed by atoms with Crippen LogP contribution in [0, 0.1) is 25.7 Å². The molecule has 0 spiro atoms. The summed E-state index contributed by atoms with van der Waals surface area (Å²) >= 11 is 6.32. The molecule has 8 nitrogen and oxygen atoms in total. The van der Waals surface area contributed by atoms with Crippen LogP contribution in [0.3, 0.4) is 0 Å². The van der Waals surface area contributed by atoms with Gasteiger partial charge in [-0.1, -0.05) is 23.4 Å². The summed E-state index contributed by atoms with van der Waals surface area (Å²) in [6.45, 7) is 4.33. The van der Waals surface area contributed by atoms with Crippen molar-refractivity contribution in [2.75, 3.05) is 12.8 Å². The first-order valence-corrected chi connectivity index (χ1v) is 9.27. The maximum absolute atomic E-state index is 10.9. The number of anilines is 1. The lowest BCUT2D eigenvalue weighted by atomic mass is 10.1. The number of carbonyl (C=O) groups is 1. The number of carbonyl (C=O) groups excluding carboxylic acids is 1. The Kier molecular flexibility index (Phi) is 5.89. The van der Waals surface area contributed by atoms with Gasteiger partial charge in [0, 0.05) is 36.4 Å². The molecule has 0 aromatic carbocycles. The molecule has 0 aliphatic carbocycles. The molecule has 0 aliphatic rings. The molecule has 3 heterocycles. The maximum atomic E-state index is 10.9. The molecule has 3 aromatic rings. The van der Waals surface area contributed by atoms with E-state index in [9.17, 15) is 4.79 Å². The zero-order valence-corrected chi connectivity index (χ0v) is 17.2. The van der Waals surface area contributed by atoms with Crippen LogP contribution in [0.15, 0.2) is 12.4 Å². The highest BCUT2D eigenvalue weighted by Crippen LogP contribution is 2.29. The highest BCUT2D eigenvalue weighted by molar-refractivity contribution is 6.34. The van der Waals surface area contributed by atoms with Crippen LogP contribution in [0.5, 0.6) is 5.75 Å². The number of amides is 1. The zero-order valence-electron chi connectivity index (χ0n) is 16.4. The van der Waals surface area contributed by atoms with E-state index in [1.54, 1.807) is 13.3 Å². The number of aryl methyl sites for hydroxylation is 1. The van der Waals surface area contributed by atoms with Crippen LogP contribution in [0.25, 0.3) is 11.0 Å². The number of fused-ring (bicyclic) bond motifs is 1. The van der Waals surface area contributed by atoms with Crippen LogP contribution in [-0.4, -0.2) is 32.5 Å². The summed E-state index contributed by atoms with van der Waals surface area (Å²) in [6, 6.07) is 0. The highest BCUT2D eigenvalue weighted by Gasteiger charge is 2.17. The minimum absolute atomic E-state index is 0.0706. The fourth-order valence-electron chi connectivity index (χ4n) is 3.11. The number of ether oxygens (including phenoxy) is 1. The zero-order chi connectivity index (χ0) is 21.1. The summed E-state index contributed by atoms with van der Waals surface area (Å²) in [5.74, 6) is 6.43. The molecule has 150 valence electrons. The van der Waals surface area contributed by atoms with E-state index in [-0.39, 0.29) is 17.5 Å². The molecule has 4 N–H and O–H groups in total. The Labute approximate surface area is 173 Å². The van der Waals surface area contributed by atoms with Gasteiger partial charge in [0.05, 0.1) is 30.3 Å². The van der Waals surface area contributed by atoms with Gasteiger partial charge in [0.25, 0.3) is 0 Å². The predicted octanol–water partition coefficient (Wildman–Crippen LogP) is 2.35. The molecule has 0 fully saturated rings. The molecule has 9 heteroatoms. The average molecular weight is 413 g/mol. The largest absolute Gasteiger partial charge is 0.496 e. The van der Waals surface area contributed by atoms with Crippen molar-refractivity contribution in [3.05, 3.63) is 39.9 Å². The van der Waals surface area contributed by atoms with Gasteiger partial charge in [-0.2, -0.15) is 4.98 Å². The van der Waals surface area contributed by atoms with Gasteiger partial charge in [0.2, 0.25) is 11.9 Å². The quantitative estimate of drug-likeness (QED) is 0.490. The molecule has 0 aliphatic heterocycles.